The van der Waals surface area contributed by atoms with Crippen molar-refractivity contribution >= 4 is 28.6 Å². The number of thiocarbonyl (C=S) groups is 1. The Labute approximate surface area is 113 Å². The average Bonchev–Trinajstić information content (AvgIpc) is 2.34. The van der Waals surface area contributed by atoms with Gasteiger partial charge in [0.15, 0.2) is 0 Å². The van der Waals surface area contributed by atoms with Crippen molar-refractivity contribution in [2.45, 2.75) is 13.8 Å². The quantitative estimate of drug-likeness (QED) is 0.823. The first kappa shape index (κ1) is 12.6. The van der Waals surface area contributed by atoms with Crippen molar-refractivity contribution in [1.82, 2.24) is 0 Å². The molecule has 3 heteroatoms. The van der Waals surface area contributed by atoms with E-state index in [1.54, 1.807) is 0 Å². The lowest BCUT2D eigenvalue weighted by molar-refractivity contribution is 1.36. The Balaban J connectivity index is 2.26. The minimum Gasteiger partial charge on any atom is -0.389 e. The fourth-order valence-corrected chi connectivity index (χ4v) is 2.01. The molecular weight excluding hydrogens is 240 g/mol. The summed E-state index contributed by atoms with van der Waals surface area (Å²) in [7, 11) is 0. The van der Waals surface area contributed by atoms with Crippen LogP contribution in [0.25, 0.3) is 0 Å². The molecule has 0 aromatic heterocycles. The highest BCUT2D eigenvalue weighted by Crippen LogP contribution is 2.24. The van der Waals surface area contributed by atoms with Crippen molar-refractivity contribution in [1.29, 1.82) is 0 Å². The van der Waals surface area contributed by atoms with E-state index >= 15 is 0 Å². The molecule has 0 aliphatic heterocycles. The molecule has 0 amide bonds. The lowest BCUT2D eigenvalue weighted by Gasteiger charge is -2.12. The van der Waals surface area contributed by atoms with Gasteiger partial charge in [-0.1, -0.05) is 30.4 Å². The Morgan fingerprint density at radius 2 is 1.56 bits per heavy atom. The number of hydrogen-bond donors (Lipinski definition) is 2. The van der Waals surface area contributed by atoms with E-state index in [0.29, 0.717) is 4.99 Å². The van der Waals surface area contributed by atoms with Crippen molar-refractivity contribution < 1.29 is 0 Å². The molecule has 92 valence electrons. The predicted octanol–water partition coefficient (Wildman–Crippen LogP) is 3.68. The van der Waals surface area contributed by atoms with Gasteiger partial charge in [-0.25, -0.2) is 0 Å². The summed E-state index contributed by atoms with van der Waals surface area (Å²) in [6.07, 6.45) is 0. The Morgan fingerprint density at radius 1 is 1.00 bits per heavy atom. The molecule has 0 bridgehead atoms. The van der Waals surface area contributed by atoms with Crippen LogP contribution in [0, 0.1) is 13.8 Å². The molecule has 0 saturated carbocycles. The smallest absolute Gasteiger partial charge is 0.103 e. The molecule has 0 atom stereocenters. The highest BCUT2D eigenvalue weighted by atomic mass is 32.1. The van der Waals surface area contributed by atoms with E-state index in [1.165, 1.54) is 11.1 Å². The molecule has 18 heavy (non-hydrogen) atoms. The minimum atomic E-state index is 0.425. The Hall–Kier alpha value is -1.87. The number of aryl methyl sites for hydroxylation is 2. The lowest BCUT2D eigenvalue weighted by Crippen LogP contribution is -2.08. The Morgan fingerprint density at radius 3 is 2.06 bits per heavy atom. The number of para-hydroxylation sites is 1. The van der Waals surface area contributed by atoms with Crippen LogP contribution in [0.3, 0.4) is 0 Å². The third-order valence-corrected chi connectivity index (χ3v) is 3.16. The van der Waals surface area contributed by atoms with Gasteiger partial charge in [-0.15, -0.1) is 0 Å². The molecule has 0 aliphatic rings. The van der Waals surface area contributed by atoms with Gasteiger partial charge in [-0.05, 0) is 49.2 Å². The van der Waals surface area contributed by atoms with Gasteiger partial charge < -0.3 is 11.1 Å². The van der Waals surface area contributed by atoms with E-state index in [9.17, 15) is 0 Å². The normalized spacial score (nSPS) is 10.1. The second kappa shape index (κ2) is 5.19. The van der Waals surface area contributed by atoms with E-state index in [-0.39, 0.29) is 0 Å². The van der Waals surface area contributed by atoms with Crippen LogP contribution < -0.4 is 11.1 Å². The van der Waals surface area contributed by atoms with Crippen LogP contribution >= 0.6 is 12.2 Å². The standard InChI is InChI=1S/C15H16N2S/c1-10-4-3-5-11(2)14(10)17-13-8-6-12(7-9-13)15(16)18/h3-9,17H,1-2H3,(H2,16,18). The Kier molecular flexibility index (Phi) is 3.63. The zero-order chi connectivity index (χ0) is 13.1. The number of nitrogens with one attached hydrogen (secondary N) is 1. The first-order valence-corrected chi connectivity index (χ1v) is 6.22. The highest BCUT2D eigenvalue weighted by molar-refractivity contribution is 7.80. The first-order valence-electron chi connectivity index (χ1n) is 5.81. The molecule has 2 aromatic rings. The first-order chi connectivity index (χ1) is 8.58. The second-order valence-corrected chi connectivity index (χ2v) is 4.77. The summed E-state index contributed by atoms with van der Waals surface area (Å²) < 4.78 is 0. The number of benzene rings is 2. The van der Waals surface area contributed by atoms with E-state index < -0.39 is 0 Å². The largest absolute Gasteiger partial charge is 0.389 e. The minimum absolute atomic E-state index is 0.425. The maximum absolute atomic E-state index is 5.58. The zero-order valence-electron chi connectivity index (χ0n) is 10.5. The van der Waals surface area contributed by atoms with Gasteiger partial charge in [0.2, 0.25) is 0 Å². The average molecular weight is 256 g/mol. The van der Waals surface area contributed by atoms with E-state index in [2.05, 4.69) is 37.4 Å². The van der Waals surface area contributed by atoms with E-state index in [0.717, 1.165) is 16.9 Å². The molecule has 0 radical (unpaired) electrons. The number of anilines is 2. The van der Waals surface area contributed by atoms with Crippen LogP contribution in [-0.4, -0.2) is 4.99 Å². The summed E-state index contributed by atoms with van der Waals surface area (Å²) in [5.74, 6) is 0. The molecular formula is C15H16N2S. The van der Waals surface area contributed by atoms with Crippen molar-refractivity contribution in [2.24, 2.45) is 5.73 Å². The van der Waals surface area contributed by atoms with Gasteiger partial charge in [-0.2, -0.15) is 0 Å². The van der Waals surface area contributed by atoms with Gasteiger partial charge in [0.25, 0.3) is 0 Å². The third kappa shape index (κ3) is 2.68. The lowest BCUT2D eigenvalue weighted by atomic mass is 10.1. The van der Waals surface area contributed by atoms with Crippen LogP contribution in [0.4, 0.5) is 11.4 Å². The number of hydrogen-bond acceptors (Lipinski definition) is 2. The van der Waals surface area contributed by atoms with Crippen molar-refractivity contribution in [3.63, 3.8) is 0 Å². The molecule has 0 spiro atoms. The fourth-order valence-electron chi connectivity index (χ4n) is 1.87. The van der Waals surface area contributed by atoms with Gasteiger partial charge in [-0.3, -0.25) is 0 Å². The molecule has 0 unspecified atom stereocenters. The maximum Gasteiger partial charge on any atom is 0.103 e. The van der Waals surface area contributed by atoms with Crippen molar-refractivity contribution in [3.05, 3.63) is 59.2 Å². The second-order valence-electron chi connectivity index (χ2n) is 4.33. The molecule has 2 rings (SSSR count). The Bertz CT molecular complexity index is 553. The van der Waals surface area contributed by atoms with Crippen LogP contribution in [-0.2, 0) is 0 Å². The molecule has 0 heterocycles. The molecule has 2 aromatic carbocycles. The predicted molar refractivity (Wildman–Crippen MR) is 81.5 cm³/mol. The molecule has 0 aliphatic carbocycles. The fraction of sp³-hybridized carbons (Fsp3) is 0.133. The SMILES string of the molecule is Cc1cccc(C)c1Nc1ccc(C(N)=S)cc1. The third-order valence-electron chi connectivity index (χ3n) is 2.92. The summed E-state index contributed by atoms with van der Waals surface area (Å²) in [5, 5.41) is 3.42. The molecule has 0 saturated heterocycles. The summed E-state index contributed by atoms with van der Waals surface area (Å²) in [6, 6.07) is 14.1. The van der Waals surface area contributed by atoms with Gasteiger partial charge in [0.05, 0.1) is 0 Å². The van der Waals surface area contributed by atoms with Gasteiger partial charge >= 0.3 is 0 Å². The van der Waals surface area contributed by atoms with Crippen LogP contribution in [0.2, 0.25) is 0 Å². The molecule has 0 fully saturated rings. The summed E-state index contributed by atoms with van der Waals surface area (Å²) >= 11 is 4.93. The monoisotopic (exact) mass is 256 g/mol. The molecule has 2 nitrogen and oxygen atoms in total. The number of nitrogens with two attached hydrogens (primary N) is 1. The van der Waals surface area contributed by atoms with E-state index in [1.807, 2.05) is 24.3 Å². The van der Waals surface area contributed by atoms with Crippen molar-refractivity contribution in [3.8, 4) is 0 Å². The topological polar surface area (TPSA) is 38.0 Å². The zero-order valence-corrected chi connectivity index (χ0v) is 11.3. The summed E-state index contributed by atoms with van der Waals surface area (Å²) in [6.45, 7) is 4.19. The van der Waals surface area contributed by atoms with E-state index in [4.69, 9.17) is 18.0 Å². The maximum atomic E-state index is 5.58. The van der Waals surface area contributed by atoms with Crippen LogP contribution in [0.5, 0.6) is 0 Å². The summed E-state index contributed by atoms with van der Waals surface area (Å²) in [5.41, 5.74) is 11.1. The molecule has 3 N–H and O–H groups in total. The van der Waals surface area contributed by atoms with Crippen LogP contribution in [0.15, 0.2) is 42.5 Å². The van der Waals surface area contributed by atoms with Crippen LogP contribution in [0.1, 0.15) is 16.7 Å². The number of rotatable bonds is 3. The van der Waals surface area contributed by atoms with Gasteiger partial charge in [0, 0.05) is 16.9 Å². The summed E-state index contributed by atoms with van der Waals surface area (Å²) in [4.78, 5) is 0.425. The highest BCUT2D eigenvalue weighted by Gasteiger charge is 2.02. The van der Waals surface area contributed by atoms with Gasteiger partial charge in [0.1, 0.15) is 4.99 Å². The van der Waals surface area contributed by atoms with Crippen molar-refractivity contribution in [2.75, 3.05) is 5.32 Å².